The summed E-state index contributed by atoms with van der Waals surface area (Å²) in [5.74, 6) is -0.492. The summed E-state index contributed by atoms with van der Waals surface area (Å²) in [4.78, 5) is 28.2. The van der Waals surface area contributed by atoms with Crippen LogP contribution >= 0.6 is 7.82 Å². The molecule has 0 heterocycles. The minimum Gasteiger partial charge on any atom is -0.347 e. The summed E-state index contributed by atoms with van der Waals surface area (Å²) in [6, 6.07) is 0. The second-order valence-corrected chi connectivity index (χ2v) is 3.29. The Morgan fingerprint density at radius 3 is 2.27 bits per heavy atom. The molecular weight excluding hydrogens is 173 g/mol. The average molecular weight is 183 g/mol. The monoisotopic (exact) mass is 183 g/mol. The maximum absolute atomic E-state index is 10.6. The van der Waals surface area contributed by atoms with Gasteiger partial charge < -0.3 is 14.7 Å². The van der Waals surface area contributed by atoms with Crippen LogP contribution in [-0.4, -0.2) is 41.3 Å². The number of hydrogen-bond acceptors (Lipinski definition) is 3. The first-order valence-corrected chi connectivity index (χ1v) is 4.26. The van der Waals surface area contributed by atoms with Gasteiger partial charge in [-0.25, -0.2) is 4.57 Å². The third-order valence-electron chi connectivity index (χ3n) is 0.855. The van der Waals surface area contributed by atoms with Crippen molar-refractivity contribution in [1.82, 2.24) is 4.90 Å². The molecule has 7 heteroatoms. The highest BCUT2D eigenvalue weighted by Crippen LogP contribution is 2.35. The van der Waals surface area contributed by atoms with Gasteiger partial charge in [-0.15, -0.1) is 0 Å². The minimum atomic E-state index is -4.51. The highest BCUT2D eigenvalue weighted by Gasteiger charge is 2.16. The molecule has 0 saturated carbocycles. The lowest BCUT2D eigenvalue weighted by atomic mass is 10.6. The summed E-state index contributed by atoms with van der Waals surface area (Å²) in [5.41, 5.74) is 0. The van der Waals surface area contributed by atoms with Crippen molar-refractivity contribution in [3.8, 4) is 0 Å². The van der Waals surface area contributed by atoms with Gasteiger partial charge in [-0.2, -0.15) is 0 Å². The van der Waals surface area contributed by atoms with Crippen molar-refractivity contribution < 1.29 is 23.7 Å². The molecule has 0 aromatic rings. The number of carbonyl (C=O) groups excluding carboxylic acids is 1. The van der Waals surface area contributed by atoms with Crippen LogP contribution < -0.4 is 0 Å². The maximum Gasteiger partial charge on any atom is 0.470 e. The predicted octanol–water partition coefficient (Wildman–Crippen LogP) is -0.816. The molecule has 0 fully saturated rings. The van der Waals surface area contributed by atoms with Gasteiger partial charge in [-0.1, -0.05) is 0 Å². The molecule has 11 heavy (non-hydrogen) atoms. The van der Waals surface area contributed by atoms with Gasteiger partial charge in [0.2, 0.25) is 5.91 Å². The second kappa shape index (κ2) is 3.82. The number of likely N-dealkylation sites (N-methyl/N-ethyl adjacent to an activating group) is 1. The summed E-state index contributed by atoms with van der Waals surface area (Å²) < 4.78 is 14.0. The first-order valence-electron chi connectivity index (χ1n) is 2.73. The molecule has 0 rings (SSSR count). The number of rotatable bonds is 3. The Morgan fingerprint density at radius 2 is 2.00 bits per heavy atom. The van der Waals surface area contributed by atoms with Crippen molar-refractivity contribution in [2.24, 2.45) is 0 Å². The fourth-order valence-corrected chi connectivity index (χ4v) is 0.547. The number of nitrogens with zero attached hydrogens (tertiary/aromatic N) is 1. The lowest BCUT2D eigenvalue weighted by Crippen LogP contribution is -2.25. The molecule has 0 aromatic carbocycles. The summed E-state index contributed by atoms with van der Waals surface area (Å²) in [6.45, 7) is -0.600. The van der Waals surface area contributed by atoms with Gasteiger partial charge in [-0.05, 0) is 0 Å². The van der Waals surface area contributed by atoms with Crippen LogP contribution in [0.1, 0.15) is 0 Å². The van der Waals surface area contributed by atoms with E-state index in [1.165, 1.54) is 19.0 Å². The SMILES string of the molecule is CN(C)C(=O)COP(=O)(O)O. The Kier molecular flexibility index (Phi) is 3.68. The van der Waals surface area contributed by atoms with Gasteiger partial charge in [0.1, 0.15) is 6.61 Å². The molecule has 0 saturated heterocycles. The molecule has 0 aliphatic rings. The molecule has 0 radical (unpaired) electrons. The summed E-state index contributed by atoms with van der Waals surface area (Å²) in [7, 11) is -1.58. The smallest absolute Gasteiger partial charge is 0.347 e. The predicted molar refractivity (Wildman–Crippen MR) is 36.7 cm³/mol. The molecule has 6 nitrogen and oxygen atoms in total. The number of phosphoric ester groups is 1. The van der Waals surface area contributed by atoms with Crippen molar-refractivity contribution in [3.05, 3.63) is 0 Å². The average Bonchev–Trinajstić information content (AvgIpc) is 1.80. The first-order chi connectivity index (χ1) is 4.83. The summed E-state index contributed by atoms with van der Waals surface area (Å²) >= 11 is 0. The first kappa shape index (κ1) is 10.6. The highest BCUT2D eigenvalue weighted by atomic mass is 31.2. The molecule has 0 atom stereocenters. The molecule has 0 unspecified atom stereocenters. The molecule has 1 amide bonds. The van der Waals surface area contributed by atoms with Crippen LogP contribution in [0.4, 0.5) is 0 Å². The van der Waals surface area contributed by atoms with Crippen LogP contribution in [0.2, 0.25) is 0 Å². The van der Waals surface area contributed by atoms with E-state index in [-0.39, 0.29) is 0 Å². The Labute approximate surface area is 64.0 Å². The van der Waals surface area contributed by atoms with E-state index in [4.69, 9.17) is 9.79 Å². The Bertz CT molecular complexity index is 185. The van der Waals surface area contributed by atoms with Crippen LogP contribution in [0.25, 0.3) is 0 Å². The standard InChI is InChI=1S/C4H10NO5P/c1-5(2)4(6)3-10-11(7,8)9/h3H2,1-2H3,(H2,7,8,9). The Morgan fingerprint density at radius 1 is 1.55 bits per heavy atom. The number of carbonyl (C=O) groups is 1. The van der Waals surface area contributed by atoms with Crippen molar-refractivity contribution in [1.29, 1.82) is 0 Å². The van der Waals surface area contributed by atoms with Crippen LogP contribution in [0.5, 0.6) is 0 Å². The zero-order chi connectivity index (χ0) is 9.07. The van der Waals surface area contributed by atoms with Gasteiger partial charge >= 0.3 is 7.82 Å². The maximum atomic E-state index is 10.6. The molecule has 0 bridgehead atoms. The van der Waals surface area contributed by atoms with Gasteiger partial charge in [0, 0.05) is 14.1 Å². The van der Waals surface area contributed by atoms with E-state index in [0.29, 0.717) is 0 Å². The molecule has 0 aliphatic heterocycles. The van der Waals surface area contributed by atoms with Crippen molar-refractivity contribution in [2.45, 2.75) is 0 Å². The zero-order valence-corrected chi connectivity index (χ0v) is 7.12. The van der Waals surface area contributed by atoms with Crippen LogP contribution in [-0.2, 0) is 13.9 Å². The number of amides is 1. The molecule has 0 aliphatic carbocycles. The van der Waals surface area contributed by atoms with E-state index in [1.807, 2.05) is 0 Å². The van der Waals surface area contributed by atoms with E-state index < -0.39 is 20.3 Å². The van der Waals surface area contributed by atoms with Gasteiger partial charge in [-0.3, -0.25) is 9.32 Å². The third-order valence-corrected chi connectivity index (χ3v) is 1.32. The van der Waals surface area contributed by atoms with E-state index in [9.17, 15) is 9.36 Å². The second-order valence-electron chi connectivity index (χ2n) is 2.05. The van der Waals surface area contributed by atoms with E-state index in [2.05, 4.69) is 4.52 Å². The highest BCUT2D eigenvalue weighted by molar-refractivity contribution is 7.46. The largest absolute Gasteiger partial charge is 0.470 e. The van der Waals surface area contributed by atoms with Crippen molar-refractivity contribution >= 4 is 13.7 Å². The third kappa shape index (κ3) is 6.00. The fourth-order valence-electron chi connectivity index (χ4n) is 0.268. The van der Waals surface area contributed by atoms with Gasteiger partial charge in [0.25, 0.3) is 0 Å². The molecule has 66 valence electrons. The van der Waals surface area contributed by atoms with E-state index in [1.54, 1.807) is 0 Å². The Hall–Kier alpha value is -0.420. The lowest BCUT2D eigenvalue weighted by Gasteiger charge is -2.10. The van der Waals surface area contributed by atoms with E-state index in [0.717, 1.165) is 0 Å². The number of phosphoric acid groups is 1. The van der Waals surface area contributed by atoms with Crippen LogP contribution in [0, 0.1) is 0 Å². The van der Waals surface area contributed by atoms with Crippen LogP contribution in [0.15, 0.2) is 0 Å². The Balaban J connectivity index is 3.73. The quantitative estimate of drug-likeness (QED) is 0.558. The van der Waals surface area contributed by atoms with Crippen molar-refractivity contribution in [2.75, 3.05) is 20.7 Å². The summed E-state index contributed by atoms with van der Waals surface area (Å²) in [5, 5.41) is 0. The normalized spacial score (nSPS) is 11.3. The van der Waals surface area contributed by atoms with Gasteiger partial charge in [0.15, 0.2) is 0 Å². The molecule has 0 aromatic heterocycles. The zero-order valence-electron chi connectivity index (χ0n) is 6.22. The van der Waals surface area contributed by atoms with Crippen LogP contribution in [0.3, 0.4) is 0 Å². The molecule has 0 spiro atoms. The minimum absolute atomic E-state index is 0.492. The lowest BCUT2D eigenvalue weighted by molar-refractivity contribution is -0.131. The van der Waals surface area contributed by atoms with Crippen molar-refractivity contribution in [3.63, 3.8) is 0 Å². The molecule has 2 N–H and O–H groups in total. The molecular formula is C4H10NO5P. The topological polar surface area (TPSA) is 87.1 Å². The fraction of sp³-hybridized carbons (Fsp3) is 0.750. The summed E-state index contributed by atoms with van der Waals surface area (Å²) in [6.07, 6.45) is 0. The van der Waals surface area contributed by atoms with E-state index >= 15 is 0 Å². The van der Waals surface area contributed by atoms with Gasteiger partial charge in [0.05, 0.1) is 0 Å². The number of hydrogen-bond donors (Lipinski definition) is 2.